The molecule has 6 N–H and O–H groups in total. The first kappa shape index (κ1) is 86.4. The number of hydrogen-bond acceptors (Lipinski definition) is 17. The average Bonchev–Trinajstić information content (AvgIpc) is 1.43. The molecular formula is C75H114N10O16S. The van der Waals surface area contributed by atoms with Crippen molar-refractivity contribution in [2.24, 2.45) is 53.1 Å². The number of aliphatic hydroxyl groups is 1. The van der Waals surface area contributed by atoms with Gasteiger partial charge in [-0.25, -0.2) is 9.59 Å². The highest BCUT2D eigenvalue weighted by atomic mass is 32.2. The van der Waals surface area contributed by atoms with Gasteiger partial charge in [0, 0.05) is 96.3 Å². The Labute approximate surface area is 607 Å². The van der Waals surface area contributed by atoms with Gasteiger partial charge in [0.15, 0.2) is 11.6 Å². The highest BCUT2D eigenvalue weighted by molar-refractivity contribution is 7.99. The summed E-state index contributed by atoms with van der Waals surface area (Å²) < 4.78 is 17.9. The number of nitrogens with one attached hydrogen (secondary N) is 3. The summed E-state index contributed by atoms with van der Waals surface area (Å²) in [6.07, 6.45) is 1.22. The number of nitrogens with zero attached hydrogens (tertiary/aromatic N) is 6. The molecule has 0 saturated carbocycles. The van der Waals surface area contributed by atoms with Crippen LogP contribution in [0.1, 0.15) is 151 Å². The van der Waals surface area contributed by atoms with E-state index in [9.17, 15) is 62.6 Å². The smallest absolute Gasteiger partial charge is 0.410 e. The Morgan fingerprint density at radius 1 is 0.725 bits per heavy atom. The average molecular weight is 1440 g/mol. The summed E-state index contributed by atoms with van der Waals surface area (Å²) in [5.41, 5.74) is 6.91. The van der Waals surface area contributed by atoms with E-state index in [4.69, 9.17) is 19.9 Å². The number of likely N-dealkylation sites (N-methyl/N-ethyl adjacent to an activating group) is 2. The van der Waals surface area contributed by atoms with Gasteiger partial charge >= 0.3 is 12.1 Å². The van der Waals surface area contributed by atoms with Crippen molar-refractivity contribution in [2.45, 2.75) is 183 Å². The summed E-state index contributed by atoms with van der Waals surface area (Å²) in [4.78, 5) is 171. The maximum Gasteiger partial charge on any atom is 0.410 e. The summed E-state index contributed by atoms with van der Waals surface area (Å²) in [5, 5.41) is 19.2. The fourth-order valence-corrected chi connectivity index (χ4v) is 14.2. The maximum atomic E-state index is 14.9. The zero-order chi connectivity index (χ0) is 76.2. The van der Waals surface area contributed by atoms with E-state index in [1.54, 1.807) is 75.9 Å². The minimum atomic E-state index is -0.982. The van der Waals surface area contributed by atoms with Gasteiger partial charge in [-0.2, -0.15) is 11.8 Å². The molecule has 2 aromatic carbocycles. The number of aliphatic hydroxyl groups excluding tert-OH is 1. The normalized spacial score (nSPS) is 17.2. The molecule has 0 unspecified atom stereocenters. The molecule has 12 atom stereocenters. The summed E-state index contributed by atoms with van der Waals surface area (Å²) in [6.45, 7) is 25.7. The monoisotopic (exact) mass is 1440 g/mol. The van der Waals surface area contributed by atoms with E-state index in [-0.39, 0.29) is 143 Å². The molecule has 102 heavy (non-hydrogen) atoms. The standard InChI is InChI=1S/C75H114N10O16S/c1-17-49(10)69(61(99-15)40-66(93)85-35-24-28-57(85)71(100-16)51(12)58(86)37-50(11)70(94)53-25-21-20-22-26-53)80(13)73(96)56(46(4)5)39-60(88)68(48(8)9)81(14)75(98)101-41-52-29-31-55(32-30-52)78-72(95)54(27-23-34-77-74(76)97)38-59(87)67(47(6)7)79-62(89)42-102-36-33-65(92)84-44-82(63(90)18-2)43-83(45-84)64(91)19-3/h18-22,25-26,29-32,46-51,54,56-57,61,67-71,94H,2-3,17,23-24,27-28,33-45H2,1,4-16H3,(H,78,95)(H,79,89)(H3,76,77,97)/t49-,50+,51+,54-,56+,57+,61-,67+,68+,69+,70-,71-/m1/s1. The van der Waals surface area contributed by atoms with Crippen LogP contribution in [0.4, 0.5) is 15.3 Å². The van der Waals surface area contributed by atoms with Crippen molar-refractivity contribution in [3.8, 4) is 0 Å². The van der Waals surface area contributed by atoms with E-state index < -0.39 is 108 Å². The van der Waals surface area contributed by atoms with E-state index in [2.05, 4.69) is 29.1 Å². The molecule has 26 nitrogen and oxygen atoms in total. The lowest BCUT2D eigenvalue weighted by Crippen LogP contribution is -2.59. The Balaban J connectivity index is 1.37. The third-order valence-electron chi connectivity index (χ3n) is 19.6. The summed E-state index contributed by atoms with van der Waals surface area (Å²) in [6, 6.07) is 12.0. The number of carbonyl (C=O) groups is 12. The SMILES string of the molecule is C=CC(=O)N1CN(C(=O)C=C)CN(C(=O)CCSCC(=O)N[C@H](C(=O)C[C@@H](CCCNC(N)=O)C(=O)Nc2ccc(COC(=O)N(C)[C@H](C(=O)C[C@H](C(=O)N(C)[C@@H]([C@H](C)CC)[C@@H](CC(=O)N3CCC[C@H]3[C@H](OC)[C@@H](C)C(=O)C[C@H](C)[C@@H](O)c3ccccc3)OC)C(C)C)C(C)C)cc2)C(C)C)C1. The van der Waals surface area contributed by atoms with Crippen LogP contribution in [0.5, 0.6) is 0 Å². The lowest BCUT2D eigenvalue weighted by molar-refractivity contribution is -0.154. The molecule has 2 aliphatic heterocycles. The maximum absolute atomic E-state index is 14.9. The third kappa shape index (κ3) is 25.4. The van der Waals surface area contributed by atoms with Crippen molar-refractivity contribution in [3.63, 3.8) is 0 Å². The van der Waals surface area contributed by atoms with Gasteiger partial charge < -0.3 is 70.4 Å². The third-order valence-corrected chi connectivity index (χ3v) is 20.5. The number of primary amides is 1. The number of likely N-dealkylation sites (tertiary alicyclic amines) is 1. The molecule has 2 aromatic rings. The Hall–Kier alpha value is -8.01. The highest BCUT2D eigenvalue weighted by Gasteiger charge is 2.44. The van der Waals surface area contributed by atoms with E-state index in [0.29, 0.717) is 37.1 Å². The number of anilines is 1. The van der Waals surface area contributed by atoms with Crippen molar-refractivity contribution in [3.05, 3.63) is 91.0 Å². The molecule has 0 radical (unpaired) electrons. The predicted octanol–water partition coefficient (Wildman–Crippen LogP) is 7.73. The number of rotatable bonds is 42. The van der Waals surface area contributed by atoms with Crippen molar-refractivity contribution in [2.75, 3.05) is 78.2 Å². The summed E-state index contributed by atoms with van der Waals surface area (Å²) >= 11 is 1.16. The lowest BCUT2D eigenvalue weighted by Gasteiger charge is -2.41. The largest absolute Gasteiger partial charge is 0.445 e. The van der Waals surface area contributed by atoms with Crippen LogP contribution in [-0.4, -0.2) is 215 Å². The second-order valence-corrected chi connectivity index (χ2v) is 29.2. The minimum absolute atomic E-state index is 0.0100. The topological polar surface area (TPSA) is 334 Å². The number of methoxy groups -OCH3 is 2. The van der Waals surface area contributed by atoms with Gasteiger partial charge in [-0.1, -0.05) is 131 Å². The van der Waals surface area contributed by atoms with E-state index in [1.807, 2.05) is 71.9 Å². The number of thioether (sulfide) groups is 1. The second kappa shape index (κ2) is 42.6. The fourth-order valence-electron chi connectivity index (χ4n) is 13.5. The number of nitrogens with two attached hydrogens (primary N) is 1. The first-order valence-corrected chi connectivity index (χ1v) is 36.6. The number of amides is 10. The van der Waals surface area contributed by atoms with Crippen molar-refractivity contribution in [1.82, 2.24) is 40.0 Å². The van der Waals surface area contributed by atoms with Crippen LogP contribution in [0.15, 0.2) is 79.9 Å². The van der Waals surface area contributed by atoms with Crippen molar-refractivity contribution >= 4 is 88.3 Å². The number of benzene rings is 2. The van der Waals surface area contributed by atoms with E-state index >= 15 is 0 Å². The van der Waals surface area contributed by atoms with Gasteiger partial charge in [0.25, 0.3) is 0 Å². The molecule has 0 aromatic heterocycles. The van der Waals surface area contributed by atoms with Crippen LogP contribution < -0.4 is 21.7 Å². The number of urea groups is 1. The molecule has 27 heteroatoms. The molecule has 2 heterocycles. The summed E-state index contributed by atoms with van der Waals surface area (Å²) in [7, 11) is 6.21. The Kier molecular flexibility index (Phi) is 36.0. The van der Waals surface area contributed by atoms with Crippen molar-refractivity contribution < 1.29 is 76.9 Å². The number of ketones is 3. The first-order valence-electron chi connectivity index (χ1n) is 35.5. The van der Waals surface area contributed by atoms with Gasteiger partial charge in [-0.3, -0.25) is 47.9 Å². The van der Waals surface area contributed by atoms with Crippen LogP contribution in [-0.2, 0) is 68.8 Å². The zero-order valence-corrected chi connectivity index (χ0v) is 63.2. The Morgan fingerprint density at radius 3 is 1.89 bits per heavy atom. The number of ether oxygens (including phenoxy) is 3. The zero-order valence-electron chi connectivity index (χ0n) is 62.4. The van der Waals surface area contributed by atoms with Gasteiger partial charge in [0.05, 0.1) is 74.7 Å². The fraction of sp³-hybridized carbons (Fsp3) is 0.627. The van der Waals surface area contributed by atoms with Gasteiger partial charge in [0.2, 0.25) is 41.4 Å². The Bertz CT molecular complexity index is 3140. The van der Waals surface area contributed by atoms with Crippen LogP contribution in [0, 0.1) is 47.3 Å². The molecule has 10 amide bonds. The number of carbonyl (C=O) groups excluding carboxylic acids is 12. The lowest BCUT2D eigenvalue weighted by atomic mass is 9.83. The van der Waals surface area contributed by atoms with Gasteiger partial charge in [-0.05, 0) is 90.7 Å². The van der Waals surface area contributed by atoms with Crippen LogP contribution in [0.3, 0.4) is 0 Å². The molecule has 2 aliphatic rings. The van der Waals surface area contributed by atoms with Crippen LogP contribution in [0.2, 0.25) is 0 Å². The molecule has 0 aliphatic carbocycles. The molecule has 2 fully saturated rings. The summed E-state index contributed by atoms with van der Waals surface area (Å²) in [5.74, 6) is -7.36. The second-order valence-electron chi connectivity index (χ2n) is 28.1. The van der Waals surface area contributed by atoms with Crippen LogP contribution in [0.25, 0.3) is 0 Å². The molecule has 0 spiro atoms. The van der Waals surface area contributed by atoms with Crippen molar-refractivity contribution in [1.29, 1.82) is 0 Å². The molecule has 0 bridgehead atoms. The highest BCUT2D eigenvalue weighted by Crippen LogP contribution is 2.34. The molecule has 4 rings (SSSR count). The first-order chi connectivity index (χ1) is 48.2. The van der Waals surface area contributed by atoms with Gasteiger partial charge in [-0.15, -0.1) is 0 Å². The quantitative estimate of drug-likeness (QED) is 0.0313. The predicted molar refractivity (Wildman–Crippen MR) is 390 cm³/mol. The van der Waals surface area contributed by atoms with E-state index in [0.717, 1.165) is 29.5 Å². The van der Waals surface area contributed by atoms with Gasteiger partial charge in [0.1, 0.15) is 12.4 Å². The number of Topliss-reactive ketones (excluding diaryl/α,β-unsaturated/α-hetero) is 3. The Morgan fingerprint density at radius 2 is 1.34 bits per heavy atom. The minimum Gasteiger partial charge on any atom is -0.445 e. The molecule has 2 saturated heterocycles. The number of hydrogen-bond donors (Lipinski definition) is 5. The molecule has 566 valence electrons. The van der Waals surface area contributed by atoms with Crippen LogP contribution >= 0.6 is 11.8 Å². The van der Waals surface area contributed by atoms with E-state index in [1.165, 1.54) is 33.8 Å². The molecular weight excluding hydrogens is 1330 g/mol.